The SMILES string of the molecule is CCC1OB(O)[C@@H](NC(=O)Cc2cccs2)COC12CCCC2. The summed E-state index contributed by atoms with van der Waals surface area (Å²) in [7, 11) is -1.02. The quantitative estimate of drug-likeness (QED) is 0.824. The van der Waals surface area contributed by atoms with Crippen LogP contribution in [0.5, 0.6) is 0 Å². The van der Waals surface area contributed by atoms with Gasteiger partial charge in [0.25, 0.3) is 0 Å². The minimum Gasteiger partial charge on any atom is -0.426 e. The third kappa shape index (κ3) is 3.79. The van der Waals surface area contributed by atoms with Crippen LogP contribution in [-0.2, 0) is 20.6 Å². The molecule has 2 heterocycles. The second-order valence-electron chi connectivity index (χ2n) is 6.44. The van der Waals surface area contributed by atoms with E-state index in [1.807, 2.05) is 17.5 Å². The first-order valence-electron chi connectivity index (χ1n) is 8.42. The van der Waals surface area contributed by atoms with Crippen LogP contribution in [0, 0.1) is 0 Å². The van der Waals surface area contributed by atoms with Crippen molar-refractivity contribution in [2.45, 2.75) is 63.1 Å². The van der Waals surface area contributed by atoms with Crippen LogP contribution in [0.2, 0.25) is 0 Å². The van der Waals surface area contributed by atoms with Crippen LogP contribution < -0.4 is 5.32 Å². The molecule has 1 unspecified atom stereocenters. The standard InChI is InChI=1S/C16H24BNO4S/c1-2-13-16(7-3-4-8-16)21-11-14(17(20)22-13)18-15(19)10-12-6-5-9-23-12/h5-6,9,13-14,20H,2-4,7-8,10-11H2,1H3,(H,18,19)/t13?,14-/m0/s1. The second-order valence-corrected chi connectivity index (χ2v) is 7.47. The average Bonchev–Trinajstić information content (AvgIpc) is 3.18. The normalized spacial score (nSPS) is 27.1. The summed E-state index contributed by atoms with van der Waals surface area (Å²) in [4.78, 5) is 13.2. The summed E-state index contributed by atoms with van der Waals surface area (Å²) in [6.45, 7) is 2.35. The molecule has 23 heavy (non-hydrogen) atoms. The van der Waals surface area contributed by atoms with Crippen LogP contribution >= 0.6 is 11.3 Å². The smallest absolute Gasteiger partial charge is 0.426 e. The number of carbonyl (C=O) groups excluding carboxylic acids is 1. The van der Waals surface area contributed by atoms with Gasteiger partial charge in [0.1, 0.15) is 0 Å². The molecule has 2 aliphatic rings. The first-order valence-corrected chi connectivity index (χ1v) is 9.30. The third-order valence-electron chi connectivity index (χ3n) is 4.87. The number of nitrogens with one attached hydrogen (secondary N) is 1. The van der Waals surface area contributed by atoms with E-state index in [1.165, 1.54) is 0 Å². The highest BCUT2D eigenvalue weighted by atomic mass is 32.1. The van der Waals surface area contributed by atoms with E-state index in [9.17, 15) is 9.82 Å². The van der Waals surface area contributed by atoms with Crippen LogP contribution in [0.4, 0.5) is 0 Å². The Bertz CT molecular complexity index is 518. The van der Waals surface area contributed by atoms with Gasteiger partial charge in [0, 0.05) is 4.88 Å². The van der Waals surface area contributed by atoms with Crippen LogP contribution in [0.1, 0.15) is 43.9 Å². The number of amides is 1. The van der Waals surface area contributed by atoms with E-state index in [2.05, 4.69) is 12.2 Å². The van der Waals surface area contributed by atoms with E-state index in [4.69, 9.17) is 9.39 Å². The van der Waals surface area contributed by atoms with Crippen molar-refractivity contribution in [1.29, 1.82) is 0 Å². The molecular formula is C16H24BNO4S. The molecule has 1 spiro atoms. The maximum atomic E-state index is 12.2. The van der Waals surface area contributed by atoms with E-state index in [-0.39, 0.29) is 17.6 Å². The number of hydrogen-bond donors (Lipinski definition) is 2. The monoisotopic (exact) mass is 337 g/mol. The first-order chi connectivity index (χ1) is 11.1. The fourth-order valence-electron chi connectivity index (χ4n) is 3.67. The third-order valence-corrected chi connectivity index (χ3v) is 5.74. The largest absolute Gasteiger partial charge is 0.480 e. The minimum atomic E-state index is -1.02. The molecule has 5 nitrogen and oxygen atoms in total. The van der Waals surface area contributed by atoms with Crippen molar-refractivity contribution in [2.75, 3.05) is 6.61 Å². The van der Waals surface area contributed by atoms with Crippen molar-refractivity contribution in [3.63, 3.8) is 0 Å². The molecule has 0 aromatic carbocycles. The van der Waals surface area contributed by atoms with Crippen LogP contribution in [0.15, 0.2) is 17.5 Å². The topological polar surface area (TPSA) is 67.8 Å². The Balaban J connectivity index is 1.63. The Morgan fingerprint density at radius 2 is 2.30 bits per heavy atom. The summed E-state index contributed by atoms with van der Waals surface area (Å²) >= 11 is 1.55. The van der Waals surface area contributed by atoms with Gasteiger partial charge in [-0.2, -0.15) is 0 Å². The molecule has 1 aromatic rings. The van der Waals surface area contributed by atoms with Gasteiger partial charge in [0.05, 0.1) is 30.7 Å². The number of thiophene rings is 1. The zero-order chi connectivity index (χ0) is 16.3. The molecule has 0 radical (unpaired) electrons. The van der Waals surface area contributed by atoms with Gasteiger partial charge >= 0.3 is 7.12 Å². The molecule has 1 amide bonds. The van der Waals surface area contributed by atoms with E-state index in [0.717, 1.165) is 37.0 Å². The van der Waals surface area contributed by atoms with Crippen LogP contribution in [-0.4, -0.2) is 42.3 Å². The highest BCUT2D eigenvalue weighted by molar-refractivity contribution is 7.10. The molecule has 2 atom stereocenters. The fraction of sp³-hybridized carbons (Fsp3) is 0.688. The highest BCUT2D eigenvalue weighted by Crippen LogP contribution is 2.40. The van der Waals surface area contributed by atoms with Crippen molar-refractivity contribution >= 4 is 24.4 Å². The van der Waals surface area contributed by atoms with E-state index >= 15 is 0 Å². The lowest BCUT2D eigenvalue weighted by Gasteiger charge is -2.35. The summed E-state index contributed by atoms with van der Waals surface area (Å²) < 4.78 is 12.0. The molecule has 126 valence electrons. The van der Waals surface area contributed by atoms with E-state index in [0.29, 0.717) is 13.0 Å². The summed E-state index contributed by atoms with van der Waals surface area (Å²) in [6.07, 6.45) is 5.20. The van der Waals surface area contributed by atoms with Gasteiger partial charge in [-0.3, -0.25) is 4.79 Å². The zero-order valence-corrected chi connectivity index (χ0v) is 14.3. The predicted octanol–water partition coefficient (Wildman–Crippen LogP) is 1.93. The van der Waals surface area contributed by atoms with E-state index in [1.54, 1.807) is 11.3 Å². The van der Waals surface area contributed by atoms with Crippen LogP contribution in [0.25, 0.3) is 0 Å². The summed E-state index contributed by atoms with van der Waals surface area (Å²) in [6, 6.07) is 3.86. The molecule has 1 aliphatic heterocycles. The molecule has 1 aliphatic carbocycles. The molecule has 7 heteroatoms. The Kier molecular flexibility index (Phi) is 5.41. The Hall–Kier alpha value is -0.885. The highest BCUT2D eigenvalue weighted by Gasteiger charge is 2.48. The van der Waals surface area contributed by atoms with Crippen LogP contribution in [0.3, 0.4) is 0 Å². The second kappa shape index (κ2) is 7.34. The lowest BCUT2D eigenvalue weighted by atomic mass is 9.78. The van der Waals surface area contributed by atoms with Gasteiger partial charge in [-0.1, -0.05) is 25.8 Å². The zero-order valence-electron chi connectivity index (χ0n) is 13.5. The molecule has 2 N–H and O–H groups in total. The number of rotatable bonds is 4. The Labute approximate surface area is 141 Å². The van der Waals surface area contributed by atoms with Crippen molar-refractivity contribution in [3.8, 4) is 0 Å². The summed E-state index contributed by atoms with van der Waals surface area (Å²) in [5.74, 6) is -0.629. The van der Waals surface area contributed by atoms with Gasteiger partial charge in [-0.25, -0.2) is 0 Å². The molecule has 1 aromatic heterocycles. The van der Waals surface area contributed by atoms with Gasteiger partial charge in [0.2, 0.25) is 5.91 Å². The number of carbonyl (C=O) groups is 1. The van der Waals surface area contributed by atoms with Gasteiger partial charge in [-0.15, -0.1) is 11.3 Å². The van der Waals surface area contributed by atoms with Gasteiger partial charge < -0.3 is 19.7 Å². The summed E-state index contributed by atoms with van der Waals surface area (Å²) in [5, 5.41) is 15.2. The van der Waals surface area contributed by atoms with Gasteiger partial charge in [0.15, 0.2) is 0 Å². The molecule has 2 fully saturated rings. The van der Waals surface area contributed by atoms with Gasteiger partial charge in [-0.05, 0) is 30.7 Å². The molecule has 1 saturated carbocycles. The maximum Gasteiger partial charge on any atom is 0.480 e. The van der Waals surface area contributed by atoms with Crippen molar-refractivity contribution in [3.05, 3.63) is 22.4 Å². The molecular weight excluding hydrogens is 313 g/mol. The first kappa shape index (κ1) is 17.0. The Morgan fingerprint density at radius 1 is 1.52 bits per heavy atom. The van der Waals surface area contributed by atoms with E-state index < -0.39 is 13.1 Å². The fourth-order valence-corrected chi connectivity index (χ4v) is 4.37. The minimum absolute atomic E-state index is 0.112. The maximum absolute atomic E-state index is 12.2. The number of ether oxygens (including phenoxy) is 1. The lowest BCUT2D eigenvalue weighted by molar-refractivity contribution is -0.122. The molecule has 0 bridgehead atoms. The lowest BCUT2D eigenvalue weighted by Crippen LogP contribution is -2.50. The molecule has 1 saturated heterocycles. The predicted molar refractivity (Wildman–Crippen MR) is 90.2 cm³/mol. The summed E-state index contributed by atoms with van der Waals surface area (Å²) in [5.41, 5.74) is -0.289. The van der Waals surface area contributed by atoms with Crippen molar-refractivity contribution in [1.82, 2.24) is 5.32 Å². The van der Waals surface area contributed by atoms with Crippen molar-refractivity contribution < 1.29 is 19.2 Å². The molecule has 3 rings (SSSR count). The van der Waals surface area contributed by atoms with Crippen molar-refractivity contribution in [2.24, 2.45) is 0 Å². The number of hydrogen-bond acceptors (Lipinski definition) is 5. The Morgan fingerprint density at radius 3 is 2.96 bits per heavy atom. The average molecular weight is 337 g/mol.